The van der Waals surface area contributed by atoms with E-state index in [0.29, 0.717) is 42.1 Å². The van der Waals surface area contributed by atoms with Gasteiger partial charge in [-0.05, 0) is 71.5 Å². The van der Waals surface area contributed by atoms with Crippen molar-refractivity contribution >= 4 is 45.0 Å². The van der Waals surface area contributed by atoms with E-state index in [4.69, 9.17) is 15.9 Å². The number of nitrogen functional groups attached to an aromatic ring is 1. The summed E-state index contributed by atoms with van der Waals surface area (Å²) in [5.41, 5.74) is 7.22. The number of carbonyl (C=O) groups excluding carboxylic acids is 2. The maximum Gasteiger partial charge on any atom is 0.343 e. The average molecular weight is 496 g/mol. The Bertz CT molecular complexity index is 1090. The summed E-state index contributed by atoms with van der Waals surface area (Å²) < 4.78 is 5.34. The summed E-state index contributed by atoms with van der Waals surface area (Å²) in [4.78, 5) is 28.5. The Kier molecular flexibility index (Phi) is 9.80. The van der Waals surface area contributed by atoms with E-state index in [1.165, 1.54) is 0 Å². The molecule has 1 heterocycles. The first-order valence-corrected chi connectivity index (χ1v) is 12.8. The lowest BCUT2D eigenvalue weighted by molar-refractivity contribution is -0.120. The lowest BCUT2D eigenvalue weighted by Crippen LogP contribution is -2.28. The molecule has 10 heteroatoms. The third kappa shape index (κ3) is 8.45. The summed E-state index contributed by atoms with van der Waals surface area (Å²) in [5, 5.41) is 14.4. The molecule has 0 bridgehead atoms. The Hall–Kier alpha value is -3.50. The minimum Gasteiger partial charge on any atom is -0.423 e. The molecule has 5 N–H and O–H groups in total. The number of amides is 1. The minimum absolute atomic E-state index is 0.00495. The molecule has 0 aliphatic heterocycles. The van der Waals surface area contributed by atoms with Gasteiger partial charge in [-0.25, -0.2) is 9.78 Å². The van der Waals surface area contributed by atoms with Crippen LogP contribution in [0.5, 0.6) is 5.75 Å². The molecule has 34 heavy (non-hydrogen) atoms. The number of nitrogens with two attached hydrogens (primary N) is 1. The molecular weight excluding hydrogens is 470 g/mol. The summed E-state index contributed by atoms with van der Waals surface area (Å²) in [7, 11) is 3.16. The van der Waals surface area contributed by atoms with Crippen LogP contribution in [-0.2, 0) is 4.79 Å². The predicted molar refractivity (Wildman–Crippen MR) is 138 cm³/mol. The van der Waals surface area contributed by atoms with Gasteiger partial charge in [0.25, 0.3) is 0 Å². The monoisotopic (exact) mass is 495 g/mol. The molecule has 0 saturated carbocycles. The van der Waals surface area contributed by atoms with Crippen molar-refractivity contribution in [2.75, 3.05) is 24.2 Å². The number of benzene rings is 2. The molecule has 3 aromatic rings. The largest absolute Gasteiger partial charge is 0.423 e. The van der Waals surface area contributed by atoms with Crippen molar-refractivity contribution in [2.24, 2.45) is 5.73 Å². The van der Waals surface area contributed by atoms with E-state index in [1.807, 2.05) is 18.2 Å². The van der Waals surface area contributed by atoms with Gasteiger partial charge in [0.1, 0.15) is 16.6 Å². The number of hydrogen-bond donors (Lipinski definition) is 4. The minimum atomic E-state index is -0.478. The second kappa shape index (κ2) is 13.3. The van der Waals surface area contributed by atoms with E-state index >= 15 is 0 Å². The fourth-order valence-electron chi connectivity index (χ4n) is 2.72. The van der Waals surface area contributed by atoms with Crippen LogP contribution >= 0.6 is 21.6 Å². The molecule has 0 saturated heterocycles. The quantitative estimate of drug-likeness (QED) is 0.0742. The van der Waals surface area contributed by atoms with Crippen molar-refractivity contribution < 1.29 is 14.3 Å². The zero-order chi connectivity index (χ0) is 24.2. The molecule has 0 fully saturated rings. The number of pyridine rings is 1. The van der Waals surface area contributed by atoms with Gasteiger partial charge in [-0.2, -0.15) is 0 Å². The SMILES string of the molecule is N=C(N)c1ccc(OC(=O)c2ccc(NCCNC(=O)CCSSc3ccccn3)cc2)cc1. The number of esters is 1. The van der Waals surface area contributed by atoms with Crippen molar-refractivity contribution in [2.45, 2.75) is 11.4 Å². The fraction of sp³-hybridized carbons (Fsp3) is 0.167. The second-order valence-electron chi connectivity index (χ2n) is 7.00. The van der Waals surface area contributed by atoms with Crippen LogP contribution in [0.2, 0.25) is 0 Å². The Morgan fingerprint density at radius 3 is 2.38 bits per heavy atom. The van der Waals surface area contributed by atoms with Gasteiger partial charge in [-0.3, -0.25) is 10.2 Å². The molecule has 1 aromatic heterocycles. The van der Waals surface area contributed by atoms with Gasteiger partial charge in [-0.15, -0.1) is 0 Å². The Labute approximate surface area is 206 Å². The first-order chi connectivity index (χ1) is 16.5. The summed E-state index contributed by atoms with van der Waals surface area (Å²) in [6.07, 6.45) is 2.19. The van der Waals surface area contributed by atoms with Gasteiger partial charge in [0.15, 0.2) is 0 Å². The van der Waals surface area contributed by atoms with Crippen LogP contribution in [0.4, 0.5) is 5.69 Å². The third-order valence-corrected chi connectivity index (χ3v) is 6.73. The van der Waals surface area contributed by atoms with Crippen LogP contribution in [0.1, 0.15) is 22.3 Å². The highest BCUT2D eigenvalue weighted by Crippen LogP contribution is 2.29. The number of nitrogens with zero attached hydrogens (tertiary/aromatic N) is 1. The molecule has 176 valence electrons. The first-order valence-electron chi connectivity index (χ1n) is 10.5. The smallest absolute Gasteiger partial charge is 0.343 e. The summed E-state index contributed by atoms with van der Waals surface area (Å²) in [5.74, 6) is 0.564. The van der Waals surface area contributed by atoms with Crippen molar-refractivity contribution in [3.8, 4) is 5.75 Å². The molecule has 0 spiro atoms. The molecule has 1 amide bonds. The van der Waals surface area contributed by atoms with E-state index < -0.39 is 5.97 Å². The second-order valence-corrected chi connectivity index (χ2v) is 9.44. The number of anilines is 1. The van der Waals surface area contributed by atoms with Crippen LogP contribution in [0.15, 0.2) is 78.0 Å². The molecule has 2 aromatic carbocycles. The van der Waals surface area contributed by atoms with Gasteiger partial charge in [0.2, 0.25) is 5.91 Å². The van der Waals surface area contributed by atoms with E-state index in [0.717, 1.165) is 10.7 Å². The zero-order valence-corrected chi connectivity index (χ0v) is 20.0. The van der Waals surface area contributed by atoms with Crippen LogP contribution in [-0.4, -0.2) is 41.5 Å². The lowest BCUT2D eigenvalue weighted by atomic mass is 10.2. The highest BCUT2D eigenvalue weighted by molar-refractivity contribution is 8.76. The Morgan fingerprint density at radius 2 is 1.71 bits per heavy atom. The maximum atomic E-state index is 12.3. The average Bonchev–Trinajstić information content (AvgIpc) is 2.86. The van der Waals surface area contributed by atoms with Gasteiger partial charge >= 0.3 is 5.97 Å². The fourth-order valence-corrected chi connectivity index (χ4v) is 4.59. The van der Waals surface area contributed by atoms with Crippen molar-refractivity contribution in [3.05, 3.63) is 84.1 Å². The third-order valence-electron chi connectivity index (χ3n) is 4.47. The van der Waals surface area contributed by atoms with E-state index in [1.54, 1.807) is 76.3 Å². The standard InChI is InChI=1S/C24H25N5O3S2/c25-23(26)17-6-10-20(11-7-17)32-24(31)18-4-8-19(9-5-18)27-14-15-28-21(30)12-16-33-34-22-3-1-2-13-29-22/h1-11,13,27H,12,14-16H2,(H3,25,26)(H,28,30). The highest BCUT2D eigenvalue weighted by atomic mass is 33.1. The van der Waals surface area contributed by atoms with Gasteiger partial charge < -0.3 is 21.1 Å². The van der Waals surface area contributed by atoms with Crippen LogP contribution < -0.4 is 21.1 Å². The molecule has 0 aliphatic rings. The topological polar surface area (TPSA) is 130 Å². The Morgan fingerprint density at radius 1 is 0.971 bits per heavy atom. The van der Waals surface area contributed by atoms with Crippen LogP contribution in [0.25, 0.3) is 0 Å². The molecule has 0 radical (unpaired) electrons. The normalized spacial score (nSPS) is 10.4. The zero-order valence-electron chi connectivity index (χ0n) is 18.3. The molecule has 3 rings (SSSR count). The summed E-state index contributed by atoms with van der Waals surface area (Å²) in [6.45, 7) is 1.06. The number of aromatic nitrogens is 1. The predicted octanol–water partition coefficient (Wildman–Crippen LogP) is 3.94. The summed E-state index contributed by atoms with van der Waals surface area (Å²) >= 11 is 0. The van der Waals surface area contributed by atoms with E-state index in [-0.39, 0.29) is 11.7 Å². The van der Waals surface area contributed by atoms with Gasteiger partial charge in [0, 0.05) is 42.7 Å². The van der Waals surface area contributed by atoms with Gasteiger partial charge in [-0.1, -0.05) is 16.9 Å². The van der Waals surface area contributed by atoms with Crippen molar-refractivity contribution in [1.82, 2.24) is 10.3 Å². The van der Waals surface area contributed by atoms with Crippen molar-refractivity contribution in [3.63, 3.8) is 0 Å². The number of hydrogen-bond acceptors (Lipinski definition) is 8. The molecular formula is C24H25N5O3S2. The number of ether oxygens (including phenoxy) is 1. The summed E-state index contributed by atoms with van der Waals surface area (Å²) in [6, 6.07) is 19.1. The number of nitrogens with one attached hydrogen (secondary N) is 3. The first kappa shape index (κ1) is 25.1. The highest BCUT2D eigenvalue weighted by Gasteiger charge is 2.09. The molecule has 0 aliphatic carbocycles. The Balaban J connectivity index is 1.31. The maximum absolute atomic E-state index is 12.3. The van der Waals surface area contributed by atoms with E-state index in [9.17, 15) is 9.59 Å². The lowest BCUT2D eigenvalue weighted by Gasteiger charge is -2.09. The van der Waals surface area contributed by atoms with Gasteiger partial charge in [0.05, 0.1) is 5.56 Å². The molecule has 8 nitrogen and oxygen atoms in total. The van der Waals surface area contributed by atoms with Crippen molar-refractivity contribution in [1.29, 1.82) is 5.41 Å². The van der Waals surface area contributed by atoms with Crippen LogP contribution in [0.3, 0.4) is 0 Å². The number of amidine groups is 1. The molecule has 0 atom stereocenters. The number of carbonyl (C=O) groups is 2. The van der Waals surface area contributed by atoms with Crippen LogP contribution in [0, 0.1) is 5.41 Å². The molecule has 0 unspecified atom stereocenters. The van der Waals surface area contributed by atoms with E-state index in [2.05, 4.69) is 15.6 Å². The number of rotatable bonds is 12.